The van der Waals surface area contributed by atoms with Crippen LogP contribution in [0, 0.1) is 11.3 Å². The van der Waals surface area contributed by atoms with Crippen LogP contribution in [0.2, 0.25) is 0 Å². The average molecular weight is 338 g/mol. The van der Waals surface area contributed by atoms with Crippen LogP contribution in [0.4, 0.5) is 0 Å². The number of nitriles is 1. The van der Waals surface area contributed by atoms with Crippen molar-refractivity contribution >= 4 is 5.97 Å². The standard InChI is InChI=1S/C18H18N4O3/c1-3-4-14-16-15(11-5-7-12(8-6-11)24-10(2)23)13(9-19)17(20)25-18(16)22-21-14/h5-8,15H,3-4,20H2,1-2H3,(H,21,22)/t15-/m1/s1. The molecule has 0 fully saturated rings. The summed E-state index contributed by atoms with van der Waals surface area (Å²) >= 11 is 0. The molecule has 1 aliphatic heterocycles. The third kappa shape index (κ3) is 3.06. The number of aromatic nitrogens is 2. The summed E-state index contributed by atoms with van der Waals surface area (Å²) < 4.78 is 10.6. The maximum absolute atomic E-state index is 11.1. The van der Waals surface area contributed by atoms with Crippen molar-refractivity contribution in [3.63, 3.8) is 0 Å². The van der Waals surface area contributed by atoms with Gasteiger partial charge in [0.25, 0.3) is 0 Å². The van der Waals surface area contributed by atoms with Crippen molar-refractivity contribution in [3.8, 4) is 17.7 Å². The molecule has 128 valence electrons. The Kier molecular flexibility index (Phi) is 4.44. The Morgan fingerprint density at radius 2 is 2.16 bits per heavy atom. The van der Waals surface area contributed by atoms with Gasteiger partial charge < -0.3 is 15.2 Å². The Morgan fingerprint density at radius 1 is 1.44 bits per heavy atom. The van der Waals surface area contributed by atoms with E-state index in [4.69, 9.17) is 15.2 Å². The van der Waals surface area contributed by atoms with E-state index in [9.17, 15) is 10.1 Å². The molecular formula is C18H18N4O3. The van der Waals surface area contributed by atoms with Crippen molar-refractivity contribution in [2.24, 2.45) is 5.73 Å². The molecule has 0 aliphatic carbocycles. The minimum atomic E-state index is -0.386. The highest BCUT2D eigenvalue weighted by molar-refractivity contribution is 5.69. The van der Waals surface area contributed by atoms with Crippen LogP contribution in [0.1, 0.15) is 43.0 Å². The lowest BCUT2D eigenvalue weighted by atomic mass is 9.83. The molecule has 0 saturated carbocycles. The van der Waals surface area contributed by atoms with Gasteiger partial charge in [-0.25, -0.2) is 0 Å². The Hall–Kier alpha value is -3.27. The van der Waals surface area contributed by atoms with E-state index in [0.29, 0.717) is 17.2 Å². The van der Waals surface area contributed by atoms with Crippen LogP contribution < -0.4 is 15.2 Å². The minimum absolute atomic E-state index is 0.0543. The van der Waals surface area contributed by atoms with Crippen molar-refractivity contribution in [2.45, 2.75) is 32.6 Å². The number of aromatic amines is 1. The van der Waals surface area contributed by atoms with Crippen LogP contribution in [0.25, 0.3) is 0 Å². The van der Waals surface area contributed by atoms with Gasteiger partial charge >= 0.3 is 5.97 Å². The van der Waals surface area contributed by atoms with Gasteiger partial charge in [0.15, 0.2) is 0 Å². The van der Waals surface area contributed by atoms with Gasteiger partial charge in [0, 0.05) is 18.2 Å². The molecule has 1 aromatic carbocycles. The number of nitrogens with zero attached hydrogens (tertiary/aromatic N) is 2. The van der Waals surface area contributed by atoms with E-state index in [1.165, 1.54) is 6.92 Å². The first-order valence-corrected chi connectivity index (χ1v) is 7.98. The predicted molar refractivity (Wildman–Crippen MR) is 89.6 cm³/mol. The largest absolute Gasteiger partial charge is 0.427 e. The number of benzene rings is 1. The summed E-state index contributed by atoms with van der Waals surface area (Å²) in [6.07, 6.45) is 1.71. The number of nitrogens with one attached hydrogen (secondary N) is 1. The first kappa shape index (κ1) is 16.6. The zero-order chi connectivity index (χ0) is 18.0. The normalized spacial score (nSPS) is 16.0. The zero-order valence-electron chi connectivity index (χ0n) is 14.0. The van der Waals surface area contributed by atoms with Crippen LogP contribution >= 0.6 is 0 Å². The molecule has 0 spiro atoms. The zero-order valence-corrected chi connectivity index (χ0v) is 14.0. The molecule has 0 amide bonds. The second-order valence-electron chi connectivity index (χ2n) is 5.76. The monoisotopic (exact) mass is 338 g/mol. The molecular weight excluding hydrogens is 320 g/mol. The van der Waals surface area contributed by atoms with E-state index in [0.717, 1.165) is 29.7 Å². The molecule has 1 aliphatic rings. The Balaban J connectivity index is 2.08. The van der Waals surface area contributed by atoms with Crippen LogP contribution in [0.3, 0.4) is 0 Å². The first-order chi connectivity index (χ1) is 12.0. The van der Waals surface area contributed by atoms with E-state index in [1.807, 2.05) is 12.1 Å². The summed E-state index contributed by atoms with van der Waals surface area (Å²) in [4.78, 5) is 11.1. The lowest BCUT2D eigenvalue weighted by Gasteiger charge is -2.24. The quantitative estimate of drug-likeness (QED) is 0.654. The van der Waals surface area contributed by atoms with Crippen LogP contribution in [-0.4, -0.2) is 16.2 Å². The first-order valence-electron chi connectivity index (χ1n) is 7.98. The number of esters is 1. The van der Waals surface area contributed by atoms with Crippen molar-refractivity contribution in [3.05, 3.63) is 52.5 Å². The van der Waals surface area contributed by atoms with Gasteiger partial charge in [-0.2, -0.15) is 5.26 Å². The van der Waals surface area contributed by atoms with Crippen molar-refractivity contribution in [1.82, 2.24) is 10.2 Å². The number of hydrogen-bond acceptors (Lipinski definition) is 6. The van der Waals surface area contributed by atoms with E-state index >= 15 is 0 Å². The van der Waals surface area contributed by atoms with Gasteiger partial charge in [0.2, 0.25) is 11.8 Å². The summed E-state index contributed by atoms with van der Waals surface area (Å²) in [5, 5.41) is 16.8. The van der Waals surface area contributed by atoms with Crippen LogP contribution in [0.5, 0.6) is 11.6 Å². The number of hydrogen-bond donors (Lipinski definition) is 2. The van der Waals surface area contributed by atoms with Gasteiger partial charge in [-0.1, -0.05) is 25.5 Å². The minimum Gasteiger partial charge on any atom is -0.427 e. The lowest BCUT2D eigenvalue weighted by molar-refractivity contribution is -0.131. The third-order valence-electron chi connectivity index (χ3n) is 3.99. The van der Waals surface area contributed by atoms with E-state index in [-0.39, 0.29) is 17.8 Å². The van der Waals surface area contributed by atoms with Crippen molar-refractivity contribution in [2.75, 3.05) is 0 Å². The van der Waals surface area contributed by atoms with E-state index in [2.05, 4.69) is 23.2 Å². The smallest absolute Gasteiger partial charge is 0.308 e. The fraction of sp³-hybridized carbons (Fsp3) is 0.278. The Morgan fingerprint density at radius 3 is 2.76 bits per heavy atom. The summed E-state index contributed by atoms with van der Waals surface area (Å²) in [5.74, 6) is 0.135. The fourth-order valence-corrected chi connectivity index (χ4v) is 2.98. The summed E-state index contributed by atoms with van der Waals surface area (Å²) in [6, 6.07) is 9.16. The highest BCUT2D eigenvalue weighted by atomic mass is 16.5. The molecule has 7 nitrogen and oxygen atoms in total. The van der Waals surface area contributed by atoms with Gasteiger partial charge in [0.1, 0.15) is 17.4 Å². The molecule has 1 aromatic heterocycles. The van der Waals surface area contributed by atoms with Gasteiger partial charge in [-0.15, -0.1) is 5.10 Å². The number of nitrogens with two attached hydrogens (primary N) is 1. The lowest BCUT2D eigenvalue weighted by Crippen LogP contribution is -2.21. The number of allylic oxidation sites excluding steroid dienone is 1. The summed E-state index contributed by atoms with van der Waals surface area (Å²) in [6.45, 7) is 3.41. The molecule has 0 bridgehead atoms. The van der Waals surface area contributed by atoms with Gasteiger partial charge in [-0.05, 0) is 24.1 Å². The number of aryl methyl sites for hydroxylation is 1. The average Bonchev–Trinajstić information content (AvgIpc) is 2.96. The fourth-order valence-electron chi connectivity index (χ4n) is 2.98. The molecule has 25 heavy (non-hydrogen) atoms. The number of H-pyrrole nitrogens is 1. The molecule has 2 heterocycles. The number of rotatable bonds is 4. The predicted octanol–water partition coefficient (Wildman–Crippen LogP) is 2.51. The summed E-state index contributed by atoms with van der Waals surface area (Å²) in [5.41, 5.74) is 8.86. The molecule has 3 N–H and O–H groups in total. The number of fused-ring (bicyclic) bond motifs is 1. The van der Waals surface area contributed by atoms with Crippen molar-refractivity contribution in [1.29, 1.82) is 5.26 Å². The van der Waals surface area contributed by atoms with Gasteiger partial charge in [0.05, 0.1) is 5.92 Å². The molecule has 7 heteroatoms. The number of carbonyl (C=O) groups excluding carboxylic acids is 1. The maximum Gasteiger partial charge on any atom is 0.308 e. The Bertz CT molecular complexity index is 875. The van der Waals surface area contributed by atoms with Gasteiger partial charge in [-0.3, -0.25) is 9.89 Å². The molecule has 2 aromatic rings. The molecule has 1 atom stereocenters. The molecule has 0 radical (unpaired) electrons. The Labute approximate surface area is 145 Å². The maximum atomic E-state index is 11.1. The van der Waals surface area contributed by atoms with Crippen LogP contribution in [-0.2, 0) is 11.2 Å². The van der Waals surface area contributed by atoms with E-state index < -0.39 is 0 Å². The second-order valence-corrected chi connectivity index (χ2v) is 5.76. The molecule has 0 saturated heterocycles. The third-order valence-corrected chi connectivity index (χ3v) is 3.99. The summed E-state index contributed by atoms with van der Waals surface area (Å²) in [7, 11) is 0. The highest BCUT2D eigenvalue weighted by Crippen LogP contribution is 2.43. The number of ether oxygens (including phenoxy) is 2. The molecule has 0 unspecified atom stereocenters. The van der Waals surface area contributed by atoms with Crippen LogP contribution in [0.15, 0.2) is 35.7 Å². The highest BCUT2D eigenvalue weighted by Gasteiger charge is 2.34. The number of carbonyl (C=O) groups is 1. The second kappa shape index (κ2) is 6.69. The van der Waals surface area contributed by atoms with E-state index in [1.54, 1.807) is 12.1 Å². The topological polar surface area (TPSA) is 114 Å². The molecule has 3 rings (SSSR count). The SMILES string of the molecule is CCCc1[nH]nc2c1[C@H](c1ccc(OC(C)=O)cc1)C(C#N)=C(N)O2. The van der Waals surface area contributed by atoms with Crippen molar-refractivity contribution < 1.29 is 14.3 Å².